The Bertz CT molecular complexity index is 663. The quantitative estimate of drug-likeness (QED) is 0.858. The molecule has 1 aliphatic rings. The van der Waals surface area contributed by atoms with Crippen LogP contribution in [0.3, 0.4) is 0 Å². The van der Waals surface area contributed by atoms with Gasteiger partial charge in [0.2, 0.25) is 0 Å². The molecule has 2 heterocycles. The highest BCUT2D eigenvalue weighted by molar-refractivity contribution is 7.10. The zero-order valence-electron chi connectivity index (χ0n) is 11.6. The lowest BCUT2D eigenvalue weighted by Crippen LogP contribution is -2.28. The summed E-state index contributed by atoms with van der Waals surface area (Å²) in [5.41, 5.74) is 9.32. The van der Waals surface area contributed by atoms with Crippen LogP contribution in [0, 0.1) is 11.8 Å². The maximum Gasteiger partial charge on any atom is 0.0555 e. The molecule has 1 aromatic heterocycles. The Morgan fingerprint density at radius 3 is 3.10 bits per heavy atom. The highest BCUT2D eigenvalue weighted by Gasteiger charge is 2.25. The minimum absolute atomic E-state index is 0.418. The van der Waals surface area contributed by atoms with Gasteiger partial charge in [0.05, 0.1) is 13.1 Å². The Morgan fingerprint density at radius 2 is 2.25 bits per heavy atom. The highest BCUT2D eigenvalue weighted by atomic mass is 32.1. The molecule has 2 nitrogen and oxygen atoms in total. The van der Waals surface area contributed by atoms with Crippen molar-refractivity contribution in [2.24, 2.45) is 5.73 Å². The largest absolute Gasteiger partial charge is 0.363 e. The Hall–Kier alpha value is -1.76. The normalized spacial score (nSPS) is 16.7. The maximum atomic E-state index is 5.41. The predicted octanol–water partition coefficient (Wildman–Crippen LogP) is 3.01. The number of nitrogens with two attached hydrogens (primary N) is 1. The smallest absolute Gasteiger partial charge is 0.0555 e. The molecule has 0 saturated carbocycles. The Kier molecular flexibility index (Phi) is 3.77. The summed E-state index contributed by atoms with van der Waals surface area (Å²) in [6.45, 7) is 3.68. The zero-order valence-corrected chi connectivity index (χ0v) is 12.4. The van der Waals surface area contributed by atoms with Crippen LogP contribution in [0.4, 0.5) is 5.69 Å². The van der Waals surface area contributed by atoms with Crippen LogP contribution >= 0.6 is 11.3 Å². The summed E-state index contributed by atoms with van der Waals surface area (Å²) in [5.74, 6) is 6.00. The molecule has 1 aliphatic heterocycles. The summed E-state index contributed by atoms with van der Waals surface area (Å²) >= 11 is 1.78. The Labute approximate surface area is 124 Å². The van der Waals surface area contributed by atoms with Gasteiger partial charge in [0, 0.05) is 27.5 Å². The van der Waals surface area contributed by atoms with Gasteiger partial charge in [-0.3, -0.25) is 0 Å². The van der Waals surface area contributed by atoms with E-state index in [1.165, 1.54) is 16.1 Å². The molecule has 2 aromatic rings. The third kappa shape index (κ3) is 2.58. The van der Waals surface area contributed by atoms with Crippen molar-refractivity contribution < 1.29 is 0 Å². The van der Waals surface area contributed by atoms with E-state index in [0.717, 1.165) is 18.5 Å². The summed E-state index contributed by atoms with van der Waals surface area (Å²) < 4.78 is 0. The first-order valence-electron chi connectivity index (χ1n) is 6.89. The number of thiophene rings is 1. The summed E-state index contributed by atoms with van der Waals surface area (Å²) in [7, 11) is 0. The van der Waals surface area contributed by atoms with Crippen LogP contribution in [-0.4, -0.2) is 12.6 Å². The molecule has 0 amide bonds. The minimum Gasteiger partial charge on any atom is -0.363 e. The van der Waals surface area contributed by atoms with Crippen molar-refractivity contribution in [2.45, 2.75) is 25.9 Å². The molecular weight excluding hydrogens is 264 g/mol. The van der Waals surface area contributed by atoms with Crippen LogP contribution in [0.5, 0.6) is 0 Å². The van der Waals surface area contributed by atoms with Crippen molar-refractivity contribution >= 4 is 17.0 Å². The van der Waals surface area contributed by atoms with E-state index in [1.807, 2.05) is 0 Å². The molecule has 20 heavy (non-hydrogen) atoms. The van der Waals surface area contributed by atoms with Gasteiger partial charge in [0.25, 0.3) is 0 Å². The molecular formula is C17H18N2S. The van der Waals surface area contributed by atoms with E-state index < -0.39 is 0 Å². The standard InChI is InChI=1S/C17H18N2S/c1-13-9-15-6-2-3-7-17(15)19(13)11-16-10-14(12-20-16)5-4-8-18/h2-3,6-7,10,12-13H,8-9,11,18H2,1H3. The third-order valence-corrected chi connectivity index (χ3v) is 4.58. The molecule has 0 fully saturated rings. The number of fused-ring (bicyclic) bond motifs is 1. The Morgan fingerprint density at radius 1 is 1.40 bits per heavy atom. The van der Waals surface area contributed by atoms with Crippen LogP contribution in [0.2, 0.25) is 0 Å². The van der Waals surface area contributed by atoms with Gasteiger partial charge in [-0.2, -0.15) is 0 Å². The summed E-state index contributed by atoms with van der Waals surface area (Å²) in [4.78, 5) is 3.84. The van der Waals surface area contributed by atoms with E-state index in [-0.39, 0.29) is 0 Å². The van der Waals surface area contributed by atoms with Crippen molar-refractivity contribution in [3.05, 3.63) is 51.7 Å². The van der Waals surface area contributed by atoms with E-state index in [2.05, 4.69) is 59.4 Å². The van der Waals surface area contributed by atoms with Gasteiger partial charge in [-0.25, -0.2) is 0 Å². The van der Waals surface area contributed by atoms with Gasteiger partial charge in [-0.1, -0.05) is 30.0 Å². The fraction of sp³-hybridized carbons (Fsp3) is 0.294. The van der Waals surface area contributed by atoms with Crippen LogP contribution in [0.1, 0.15) is 22.9 Å². The lowest BCUT2D eigenvalue weighted by molar-refractivity contribution is 0.676. The lowest BCUT2D eigenvalue weighted by atomic mass is 10.1. The maximum absolute atomic E-state index is 5.41. The molecule has 0 spiro atoms. The van der Waals surface area contributed by atoms with E-state index in [1.54, 1.807) is 11.3 Å². The first kappa shape index (κ1) is 13.2. The molecule has 3 rings (SSSR count). The fourth-order valence-corrected chi connectivity index (χ4v) is 3.53. The molecule has 0 bridgehead atoms. The van der Waals surface area contributed by atoms with Gasteiger partial charge in [-0.15, -0.1) is 11.3 Å². The van der Waals surface area contributed by atoms with Crippen molar-refractivity contribution in [1.82, 2.24) is 0 Å². The van der Waals surface area contributed by atoms with Gasteiger partial charge in [0.1, 0.15) is 0 Å². The second kappa shape index (κ2) is 5.70. The number of hydrogen-bond acceptors (Lipinski definition) is 3. The first-order valence-corrected chi connectivity index (χ1v) is 7.77. The molecule has 1 aromatic carbocycles. The van der Waals surface area contributed by atoms with Crippen molar-refractivity contribution in [2.75, 3.05) is 11.4 Å². The Balaban J connectivity index is 1.79. The third-order valence-electron chi connectivity index (χ3n) is 3.66. The highest BCUT2D eigenvalue weighted by Crippen LogP contribution is 2.33. The van der Waals surface area contributed by atoms with E-state index in [4.69, 9.17) is 5.73 Å². The molecule has 102 valence electrons. The molecule has 0 aliphatic carbocycles. The van der Waals surface area contributed by atoms with Crippen LogP contribution in [-0.2, 0) is 13.0 Å². The van der Waals surface area contributed by atoms with Crippen molar-refractivity contribution in [1.29, 1.82) is 0 Å². The average molecular weight is 282 g/mol. The molecule has 3 heteroatoms. The van der Waals surface area contributed by atoms with Gasteiger partial charge in [-0.05, 0) is 31.0 Å². The first-order chi connectivity index (χ1) is 9.78. The van der Waals surface area contributed by atoms with Crippen molar-refractivity contribution in [3.63, 3.8) is 0 Å². The summed E-state index contributed by atoms with van der Waals surface area (Å²) in [6, 6.07) is 11.5. The SMILES string of the molecule is CC1Cc2ccccc2N1Cc1cc(C#CCN)cs1. The second-order valence-electron chi connectivity index (χ2n) is 5.12. The number of anilines is 1. The summed E-state index contributed by atoms with van der Waals surface area (Å²) in [6.07, 6.45) is 1.14. The monoisotopic (exact) mass is 282 g/mol. The van der Waals surface area contributed by atoms with Gasteiger partial charge >= 0.3 is 0 Å². The number of hydrogen-bond donors (Lipinski definition) is 1. The molecule has 0 saturated heterocycles. The van der Waals surface area contributed by atoms with Crippen molar-refractivity contribution in [3.8, 4) is 11.8 Å². The number of benzene rings is 1. The van der Waals surface area contributed by atoms with Gasteiger partial charge < -0.3 is 10.6 Å². The number of para-hydroxylation sites is 1. The molecule has 2 N–H and O–H groups in total. The number of nitrogens with zero attached hydrogens (tertiary/aromatic N) is 1. The molecule has 0 radical (unpaired) electrons. The molecule has 1 unspecified atom stereocenters. The van der Waals surface area contributed by atoms with Crippen LogP contribution in [0.25, 0.3) is 0 Å². The minimum atomic E-state index is 0.418. The fourth-order valence-electron chi connectivity index (χ4n) is 2.72. The van der Waals surface area contributed by atoms with Gasteiger partial charge in [0.15, 0.2) is 0 Å². The topological polar surface area (TPSA) is 29.3 Å². The van der Waals surface area contributed by atoms with E-state index >= 15 is 0 Å². The predicted molar refractivity (Wildman–Crippen MR) is 86.0 cm³/mol. The van der Waals surface area contributed by atoms with E-state index in [0.29, 0.717) is 12.6 Å². The van der Waals surface area contributed by atoms with Crippen LogP contribution in [0.15, 0.2) is 35.7 Å². The average Bonchev–Trinajstić information content (AvgIpc) is 3.02. The molecule has 1 atom stereocenters. The lowest BCUT2D eigenvalue weighted by Gasteiger charge is -2.24. The zero-order chi connectivity index (χ0) is 13.9. The van der Waals surface area contributed by atoms with Crippen LogP contribution < -0.4 is 10.6 Å². The number of rotatable bonds is 2. The van der Waals surface area contributed by atoms with E-state index in [9.17, 15) is 0 Å². The summed E-state index contributed by atoms with van der Waals surface area (Å²) in [5, 5.41) is 2.12. The second-order valence-corrected chi connectivity index (χ2v) is 6.11.